The Morgan fingerprint density at radius 3 is 3.20 bits per heavy atom. The topological polar surface area (TPSA) is 46.3 Å². The van der Waals surface area contributed by atoms with Gasteiger partial charge in [0.05, 0.1) is 6.61 Å². The molecule has 0 aromatic carbocycles. The van der Waals surface area contributed by atoms with E-state index in [1.807, 2.05) is 0 Å². The van der Waals surface area contributed by atoms with Crippen LogP contribution in [0.4, 0.5) is 0 Å². The maximum absolute atomic E-state index is 8.77. The van der Waals surface area contributed by atoms with Crippen LogP contribution in [0.5, 0.6) is 0 Å². The van der Waals surface area contributed by atoms with Crippen LogP contribution >= 0.6 is 0 Å². The molecule has 0 saturated carbocycles. The highest BCUT2D eigenvalue weighted by atomic mass is 16.5. The average molecular weight is 139 g/mol. The zero-order chi connectivity index (χ0) is 6.97. The first-order valence-electron chi connectivity index (χ1n) is 3.49. The summed E-state index contributed by atoms with van der Waals surface area (Å²) in [4.78, 5) is 0. The molecule has 10 heavy (non-hydrogen) atoms. The first-order valence-corrected chi connectivity index (χ1v) is 3.49. The van der Waals surface area contributed by atoms with Crippen LogP contribution in [0.15, 0.2) is 4.52 Å². The van der Waals surface area contributed by atoms with Crippen molar-refractivity contribution in [1.82, 2.24) is 5.16 Å². The van der Waals surface area contributed by atoms with Gasteiger partial charge in [-0.05, 0) is 12.8 Å². The van der Waals surface area contributed by atoms with Gasteiger partial charge in [-0.15, -0.1) is 0 Å². The maximum atomic E-state index is 8.77. The molecule has 1 N–H and O–H groups in total. The summed E-state index contributed by atoms with van der Waals surface area (Å²) < 4.78 is 4.99. The summed E-state index contributed by atoms with van der Waals surface area (Å²) in [5, 5.41) is 12.5. The number of aliphatic hydroxyl groups is 1. The van der Waals surface area contributed by atoms with Gasteiger partial charge in [-0.2, -0.15) is 0 Å². The van der Waals surface area contributed by atoms with Crippen LogP contribution in [-0.2, 0) is 19.4 Å². The third-order valence-corrected chi connectivity index (χ3v) is 1.93. The van der Waals surface area contributed by atoms with Gasteiger partial charge in [0.25, 0.3) is 0 Å². The highest BCUT2D eigenvalue weighted by Gasteiger charge is 2.19. The lowest BCUT2D eigenvalue weighted by atomic mass is 10.2. The van der Waals surface area contributed by atoms with Gasteiger partial charge in [0.1, 0.15) is 11.5 Å². The molecule has 0 unspecified atom stereocenters. The zero-order valence-corrected chi connectivity index (χ0v) is 5.63. The van der Waals surface area contributed by atoms with Gasteiger partial charge in [0.2, 0.25) is 0 Å². The smallest absolute Gasteiger partial charge is 0.140 e. The normalized spacial score (nSPS) is 15.7. The molecule has 1 aromatic rings. The van der Waals surface area contributed by atoms with Crippen LogP contribution in [0.2, 0.25) is 0 Å². The Labute approximate surface area is 58.6 Å². The second-order valence-electron chi connectivity index (χ2n) is 2.54. The van der Waals surface area contributed by atoms with Crippen LogP contribution in [0, 0.1) is 0 Å². The van der Waals surface area contributed by atoms with E-state index >= 15 is 0 Å². The summed E-state index contributed by atoms with van der Waals surface area (Å²) in [7, 11) is 0. The van der Waals surface area contributed by atoms with Gasteiger partial charge < -0.3 is 9.63 Å². The second kappa shape index (κ2) is 2.09. The van der Waals surface area contributed by atoms with Crippen molar-refractivity contribution in [3.63, 3.8) is 0 Å². The predicted octanol–water partition coefficient (Wildman–Crippen LogP) is 0.656. The largest absolute Gasteiger partial charge is 0.390 e. The number of hydrogen-bond donors (Lipinski definition) is 1. The number of nitrogens with zero attached hydrogens (tertiary/aromatic N) is 1. The zero-order valence-electron chi connectivity index (χ0n) is 5.63. The van der Waals surface area contributed by atoms with Crippen molar-refractivity contribution in [2.75, 3.05) is 0 Å². The molecule has 0 amide bonds. The minimum Gasteiger partial charge on any atom is -0.390 e. The van der Waals surface area contributed by atoms with Crippen molar-refractivity contribution in [2.24, 2.45) is 0 Å². The van der Waals surface area contributed by atoms with E-state index in [4.69, 9.17) is 9.63 Å². The van der Waals surface area contributed by atoms with Gasteiger partial charge in [-0.1, -0.05) is 5.16 Å². The van der Waals surface area contributed by atoms with E-state index in [9.17, 15) is 0 Å². The second-order valence-corrected chi connectivity index (χ2v) is 2.54. The molecule has 1 aromatic heterocycles. The fraction of sp³-hybridized carbons (Fsp3) is 0.571. The van der Waals surface area contributed by atoms with Gasteiger partial charge in [0, 0.05) is 12.0 Å². The first-order chi connectivity index (χ1) is 4.92. The van der Waals surface area contributed by atoms with E-state index in [-0.39, 0.29) is 6.61 Å². The number of rotatable bonds is 1. The van der Waals surface area contributed by atoms with E-state index in [1.165, 1.54) is 0 Å². The van der Waals surface area contributed by atoms with Gasteiger partial charge >= 0.3 is 0 Å². The summed E-state index contributed by atoms with van der Waals surface area (Å²) in [6.45, 7) is 0.0127. The van der Waals surface area contributed by atoms with Crippen molar-refractivity contribution >= 4 is 0 Å². The monoisotopic (exact) mass is 139 g/mol. The third kappa shape index (κ3) is 0.671. The fourth-order valence-corrected chi connectivity index (χ4v) is 1.41. The number of hydrogen-bond acceptors (Lipinski definition) is 3. The Bertz CT molecular complexity index is 242. The van der Waals surface area contributed by atoms with Crippen molar-refractivity contribution in [3.05, 3.63) is 17.0 Å². The molecule has 2 rings (SSSR count). The average Bonchev–Trinajstić information content (AvgIpc) is 2.44. The van der Waals surface area contributed by atoms with Crippen LogP contribution in [0.25, 0.3) is 0 Å². The van der Waals surface area contributed by atoms with Crippen LogP contribution in [0.3, 0.4) is 0 Å². The summed E-state index contributed by atoms with van der Waals surface area (Å²) in [5.74, 6) is 0.976. The predicted molar refractivity (Wildman–Crippen MR) is 34.5 cm³/mol. The number of aryl methyl sites for hydroxylation is 1. The first kappa shape index (κ1) is 5.92. The van der Waals surface area contributed by atoms with E-state index in [2.05, 4.69) is 5.16 Å². The molecule has 3 nitrogen and oxygen atoms in total. The molecule has 0 atom stereocenters. The van der Waals surface area contributed by atoms with Gasteiger partial charge in [-0.3, -0.25) is 0 Å². The molecule has 0 bridgehead atoms. The van der Waals surface area contributed by atoms with Gasteiger partial charge in [0.15, 0.2) is 0 Å². The lowest BCUT2D eigenvalue weighted by Gasteiger charge is -1.87. The maximum Gasteiger partial charge on any atom is 0.140 e. The minimum absolute atomic E-state index is 0.0127. The molecule has 0 radical (unpaired) electrons. The molecule has 3 heteroatoms. The summed E-state index contributed by atoms with van der Waals surface area (Å²) in [6.07, 6.45) is 3.15. The Hall–Kier alpha value is -0.830. The lowest BCUT2D eigenvalue weighted by Crippen LogP contribution is -1.87. The third-order valence-electron chi connectivity index (χ3n) is 1.93. The SMILES string of the molecule is OCc1noc2c1CCC2. The molecule has 1 heterocycles. The molecule has 54 valence electrons. The fourth-order valence-electron chi connectivity index (χ4n) is 1.41. The molecule has 0 spiro atoms. The van der Waals surface area contributed by atoms with E-state index in [0.717, 1.165) is 36.3 Å². The molecule has 0 aliphatic heterocycles. The summed E-state index contributed by atoms with van der Waals surface area (Å²) in [5.41, 5.74) is 1.87. The van der Waals surface area contributed by atoms with Crippen molar-refractivity contribution < 1.29 is 9.63 Å². The standard InChI is InChI=1S/C7H9NO2/c9-4-6-5-2-1-3-7(5)10-8-6/h9H,1-4H2. The Kier molecular flexibility index (Phi) is 1.24. The molecular weight excluding hydrogens is 130 g/mol. The van der Waals surface area contributed by atoms with Crippen molar-refractivity contribution in [3.8, 4) is 0 Å². The van der Waals surface area contributed by atoms with Crippen molar-refractivity contribution in [2.45, 2.75) is 25.9 Å². The highest BCUT2D eigenvalue weighted by molar-refractivity contribution is 5.26. The van der Waals surface area contributed by atoms with Gasteiger partial charge in [-0.25, -0.2) is 0 Å². The molecule has 1 aliphatic carbocycles. The molecule has 0 fully saturated rings. The van der Waals surface area contributed by atoms with Crippen LogP contribution in [-0.4, -0.2) is 10.3 Å². The highest BCUT2D eigenvalue weighted by Crippen LogP contribution is 2.24. The quantitative estimate of drug-likeness (QED) is 0.621. The molecular formula is C7H9NO2. The van der Waals surface area contributed by atoms with Crippen LogP contribution in [0.1, 0.15) is 23.4 Å². The summed E-state index contributed by atoms with van der Waals surface area (Å²) >= 11 is 0. The Balaban J connectivity index is 2.44. The minimum atomic E-state index is 0.0127. The number of fused-ring (bicyclic) bond motifs is 1. The number of aromatic nitrogens is 1. The number of aliphatic hydroxyl groups excluding tert-OH is 1. The lowest BCUT2D eigenvalue weighted by molar-refractivity contribution is 0.263. The molecule has 0 saturated heterocycles. The van der Waals surface area contributed by atoms with E-state index in [1.54, 1.807) is 0 Å². The molecule has 1 aliphatic rings. The Morgan fingerprint density at radius 2 is 2.40 bits per heavy atom. The Morgan fingerprint density at radius 1 is 1.50 bits per heavy atom. The van der Waals surface area contributed by atoms with E-state index < -0.39 is 0 Å². The van der Waals surface area contributed by atoms with Crippen molar-refractivity contribution in [1.29, 1.82) is 0 Å². The van der Waals surface area contributed by atoms with E-state index in [0.29, 0.717) is 0 Å². The summed E-state index contributed by atoms with van der Waals surface area (Å²) in [6, 6.07) is 0. The van der Waals surface area contributed by atoms with Crippen LogP contribution < -0.4 is 0 Å².